The van der Waals surface area contributed by atoms with Gasteiger partial charge in [0.2, 0.25) is 0 Å². The van der Waals surface area contributed by atoms with E-state index in [0.29, 0.717) is 21.2 Å². The van der Waals surface area contributed by atoms with Gasteiger partial charge in [-0.05, 0) is 38.1 Å². The molecular weight excluding hydrogens is 298 g/mol. The first kappa shape index (κ1) is 14.7. The quantitative estimate of drug-likeness (QED) is 0.641. The number of hydrogen-bond acceptors (Lipinski definition) is 5. The zero-order valence-electron chi connectivity index (χ0n) is 11.0. The van der Waals surface area contributed by atoms with Crippen molar-refractivity contribution in [3.63, 3.8) is 0 Å². The zero-order valence-corrected chi connectivity index (χ0v) is 12.5. The highest BCUT2D eigenvalue weighted by atomic mass is 35.5. The van der Waals surface area contributed by atoms with Crippen LogP contribution in [-0.2, 0) is 4.74 Å². The Bertz CT molecular complexity index is 649. The van der Waals surface area contributed by atoms with E-state index in [-0.39, 0.29) is 12.4 Å². The predicted molar refractivity (Wildman–Crippen MR) is 77.7 cm³/mol. The molecule has 20 heavy (non-hydrogen) atoms. The zero-order chi connectivity index (χ0) is 14.7. The van der Waals surface area contributed by atoms with Crippen molar-refractivity contribution in [1.29, 1.82) is 0 Å². The van der Waals surface area contributed by atoms with Gasteiger partial charge in [0, 0.05) is 10.6 Å². The van der Waals surface area contributed by atoms with Gasteiger partial charge in [-0.25, -0.2) is 9.78 Å². The topological polar surface area (TPSA) is 56.3 Å². The van der Waals surface area contributed by atoms with Gasteiger partial charge in [0.1, 0.15) is 4.88 Å². The summed E-state index contributed by atoms with van der Waals surface area (Å²) in [5.74, 6) is -0.788. The molecule has 0 radical (unpaired) electrons. The van der Waals surface area contributed by atoms with Gasteiger partial charge in [-0.15, -0.1) is 11.3 Å². The van der Waals surface area contributed by atoms with Crippen LogP contribution in [0.5, 0.6) is 0 Å². The van der Waals surface area contributed by atoms with Crippen LogP contribution in [0.2, 0.25) is 5.02 Å². The smallest absolute Gasteiger partial charge is 0.350 e. The maximum atomic E-state index is 11.8. The van der Waals surface area contributed by atoms with E-state index in [4.69, 9.17) is 16.3 Å². The fourth-order valence-corrected chi connectivity index (χ4v) is 2.58. The van der Waals surface area contributed by atoms with Crippen molar-refractivity contribution >= 4 is 34.7 Å². The summed E-state index contributed by atoms with van der Waals surface area (Å²) in [6, 6.07) is 6.43. The molecule has 1 heterocycles. The second kappa shape index (κ2) is 6.15. The number of hydrogen-bond donors (Lipinski definition) is 0. The largest absolute Gasteiger partial charge is 0.453 e. The van der Waals surface area contributed by atoms with Crippen LogP contribution in [0, 0.1) is 13.8 Å². The molecule has 0 saturated carbocycles. The Hall–Kier alpha value is -1.72. The Morgan fingerprint density at radius 3 is 2.45 bits per heavy atom. The Labute approximate surface area is 125 Å². The molecule has 0 aliphatic heterocycles. The van der Waals surface area contributed by atoms with E-state index in [0.717, 1.165) is 5.01 Å². The highest BCUT2D eigenvalue weighted by Gasteiger charge is 2.17. The van der Waals surface area contributed by atoms with Gasteiger partial charge >= 0.3 is 5.97 Å². The molecule has 2 rings (SSSR count). The number of carbonyl (C=O) groups excluding carboxylic acids is 2. The third-order valence-electron chi connectivity index (χ3n) is 2.59. The van der Waals surface area contributed by atoms with Crippen LogP contribution in [0.1, 0.15) is 30.7 Å². The Balaban J connectivity index is 1.98. The van der Waals surface area contributed by atoms with Crippen molar-refractivity contribution < 1.29 is 14.3 Å². The molecule has 6 heteroatoms. The van der Waals surface area contributed by atoms with Crippen LogP contribution in [0.3, 0.4) is 0 Å². The molecule has 104 valence electrons. The third-order valence-corrected chi connectivity index (χ3v) is 3.89. The van der Waals surface area contributed by atoms with Crippen LogP contribution < -0.4 is 0 Å². The molecule has 0 amide bonds. The van der Waals surface area contributed by atoms with Crippen LogP contribution >= 0.6 is 22.9 Å². The fourth-order valence-electron chi connectivity index (χ4n) is 1.64. The van der Waals surface area contributed by atoms with Crippen LogP contribution in [-0.4, -0.2) is 23.3 Å². The van der Waals surface area contributed by atoms with E-state index in [2.05, 4.69) is 4.98 Å². The lowest BCUT2D eigenvalue weighted by Gasteiger charge is -2.03. The summed E-state index contributed by atoms with van der Waals surface area (Å²) >= 11 is 7.00. The van der Waals surface area contributed by atoms with Gasteiger partial charge in [-0.1, -0.05) is 11.6 Å². The maximum Gasteiger partial charge on any atom is 0.350 e. The number of nitrogens with zero attached hydrogens (tertiary/aromatic N) is 1. The highest BCUT2D eigenvalue weighted by Crippen LogP contribution is 2.18. The molecule has 2 aromatic rings. The van der Waals surface area contributed by atoms with Crippen molar-refractivity contribution in [3.05, 3.63) is 50.4 Å². The third kappa shape index (κ3) is 3.43. The van der Waals surface area contributed by atoms with E-state index in [9.17, 15) is 9.59 Å². The van der Waals surface area contributed by atoms with Crippen LogP contribution in [0.4, 0.5) is 0 Å². The summed E-state index contributed by atoms with van der Waals surface area (Å²) in [5.41, 5.74) is 1.08. The summed E-state index contributed by atoms with van der Waals surface area (Å²) in [7, 11) is 0. The summed E-state index contributed by atoms with van der Waals surface area (Å²) in [4.78, 5) is 28.3. The summed E-state index contributed by atoms with van der Waals surface area (Å²) < 4.78 is 5.02. The Morgan fingerprint density at radius 2 is 1.90 bits per heavy atom. The number of aromatic nitrogens is 1. The van der Waals surface area contributed by atoms with Gasteiger partial charge < -0.3 is 4.74 Å². The standard InChI is InChI=1S/C14H12ClNO3S/c1-8-13(20-9(2)16-8)14(18)19-7-12(17)10-3-5-11(15)6-4-10/h3-6H,7H2,1-2H3. The average Bonchev–Trinajstić information content (AvgIpc) is 2.75. The number of benzene rings is 1. The molecule has 0 saturated heterocycles. The van der Waals surface area contributed by atoms with E-state index in [1.54, 1.807) is 31.2 Å². The van der Waals surface area contributed by atoms with Crippen molar-refractivity contribution in [3.8, 4) is 0 Å². The van der Waals surface area contributed by atoms with Crippen LogP contribution in [0.15, 0.2) is 24.3 Å². The molecule has 0 aliphatic rings. The number of halogens is 1. The van der Waals surface area contributed by atoms with E-state index >= 15 is 0 Å². The van der Waals surface area contributed by atoms with Gasteiger partial charge in [0.25, 0.3) is 0 Å². The van der Waals surface area contributed by atoms with Crippen molar-refractivity contribution in [1.82, 2.24) is 4.98 Å². The molecule has 1 aromatic heterocycles. The molecule has 0 atom stereocenters. The van der Waals surface area contributed by atoms with Gasteiger partial charge in [0.05, 0.1) is 10.7 Å². The average molecular weight is 310 g/mol. The van der Waals surface area contributed by atoms with Crippen LogP contribution in [0.25, 0.3) is 0 Å². The summed E-state index contributed by atoms with van der Waals surface area (Å²) in [5, 5.41) is 1.34. The summed E-state index contributed by atoms with van der Waals surface area (Å²) in [6.07, 6.45) is 0. The fraction of sp³-hybridized carbons (Fsp3) is 0.214. The highest BCUT2D eigenvalue weighted by molar-refractivity contribution is 7.13. The number of ether oxygens (including phenoxy) is 1. The minimum absolute atomic E-state index is 0.270. The molecule has 4 nitrogen and oxygen atoms in total. The second-order valence-electron chi connectivity index (χ2n) is 4.15. The lowest BCUT2D eigenvalue weighted by Crippen LogP contribution is -2.14. The first-order valence-electron chi connectivity index (χ1n) is 5.87. The summed E-state index contributed by atoms with van der Waals surface area (Å²) in [6.45, 7) is 3.26. The first-order valence-corrected chi connectivity index (χ1v) is 7.06. The van der Waals surface area contributed by atoms with Crippen molar-refractivity contribution in [2.75, 3.05) is 6.61 Å². The number of carbonyl (C=O) groups is 2. The number of thiazole rings is 1. The molecule has 0 unspecified atom stereocenters. The number of Topliss-reactive ketones (excluding diaryl/α,β-unsaturated/α-hetero) is 1. The number of aryl methyl sites for hydroxylation is 2. The maximum absolute atomic E-state index is 11.8. The SMILES string of the molecule is Cc1nc(C)c(C(=O)OCC(=O)c2ccc(Cl)cc2)s1. The number of esters is 1. The molecular formula is C14H12ClNO3S. The van der Waals surface area contributed by atoms with Gasteiger partial charge in [-0.2, -0.15) is 0 Å². The van der Waals surface area contributed by atoms with Gasteiger partial charge in [-0.3, -0.25) is 4.79 Å². The lowest BCUT2D eigenvalue weighted by molar-refractivity contribution is 0.0478. The molecule has 0 spiro atoms. The number of rotatable bonds is 4. The minimum atomic E-state index is -0.518. The minimum Gasteiger partial charge on any atom is -0.453 e. The second-order valence-corrected chi connectivity index (χ2v) is 5.79. The van der Waals surface area contributed by atoms with Gasteiger partial charge in [0.15, 0.2) is 12.4 Å². The lowest BCUT2D eigenvalue weighted by atomic mass is 10.1. The van der Waals surface area contributed by atoms with Crippen molar-refractivity contribution in [2.24, 2.45) is 0 Å². The number of ketones is 1. The van der Waals surface area contributed by atoms with E-state index in [1.807, 2.05) is 6.92 Å². The predicted octanol–water partition coefficient (Wildman–Crippen LogP) is 3.45. The van der Waals surface area contributed by atoms with E-state index < -0.39 is 5.97 Å². The monoisotopic (exact) mass is 309 g/mol. The van der Waals surface area contributed by atoms with E-state index in [1.165, 1.54) is 11.3 Å². The molecule has 0 aliphatic carbocycles. The first-order chi connectivity index (χ1) is 9.47. The Morgan fingerprint density at radius 1 is 1.25 bits per heavy atom. The molecule has 0 bridgehead atoms. The molecule has 1 aromatic carbocycles. The normalized spacial score (nSPS) is 10.3. The molecule has 0 N–H and O–H groups in total. The Kier molecular flexibility index (Phi) is 4.52. The van der Waals surface area contributed by atoms with Crippen molar-refractivity contribution in [2.45, 2.75) is 13.8 Å². The molecule has 0 fully saturated rings.